The molecule has 7 nitrogen and oxygen atoms in total. The van der Waals surface area contributed by atoms with E-state index in [1.165, 1.54) is 0 Å². The lowest BCUT2D eigenvalue weighted by Gasteiger charge is -2.32. The average molecular weight is 348 g/mol. The van der Waals surface area contributed by atoms with Gasteiger partial charge in [-0.2, -0.15) is 0 Å². The predicted octanol–water partition coefficient (Wildman–Crippen LogP) is 2.29. The van der Waals surface area contributed by atoms with Crippen LogP contribution in [0.15, 0.2) is 49.3 Å². The Morgan fingerprint density at radius 1 is 1.19 bits per heavy atom. The summed E-state index contributed by atoms with van der Waals surface area (Å²) in [6.07, 6.45) is 10.7. The molecule has 132 valence electrons. The summed E-state index contributed by atoms with van der Waals surface area (Å²) in [6, 6.07) is 5.41. The van der Waals surface area contributed by atoms with Gasteiger partial charge in [0.15, 0.2) is 0 Å². The molecule has 0 aliphatic carbocycles. The van der Waals surface area contributed by atoms with E-state index in [1.54, 1.807) is 37.2 Å². The van der Waals surface area contributed by atoms with Crippen molar-refractivity contribution in [3.63, 3.8) is 0 Å². The van der Waals surface area contributed by atoms with Crippen LogP contribution in [0.3, 0.4) is 0 Å². The predicted molar refractivity (Wildman–Crippen MR) is 96.3 cm³/mol. The first-order valence-electron chi connectivity index (χ1n) is 8.71. The number of aryl methyl sites for hydroxylation is 1. The average Bonchev–Trinajstić information content (AvgIpc) is 3.14. The topological polar surface area (TPSA) is 76.8 Å². The van der Waals surface area contributed by atoms with Crippen LogP contribution < -0.4 is 0 Å². The number of piperidine rings is 1. The SMILES string of the molecule is Cn1cncc1-c1cncc([C@@H]2CCCN(C(=O)c3ccccn3)C2)n1. The molecule has 0 aromatic carbocycles. The normalized spacial score (nSPS) is 17.3. The van der Waals surface area contributed by atoms with E-state index in [0.29, 0.717) is 12.2 Å². The van der Waals surface area contributed by atoms with E-state index in [1.807, 2.05) is 28.6 Å². The smallest absolute Gasteiger partial charge is 0.272 e. The summed E-state index contributed by atoms with van der Waals surface area (Å²) in [5.74, 6) is 0.156. The number of amides is 1. The number of carbonyl (C=O) groups is 1. The summed E-state index contributed by atoms with van der Waals surface area (Å²) in [6.45, 7) is 1.39. The van der Waals surface area contributed by atoms with Crippen molar-refractivity contribution in [2.45, 2.75) is 18.8 Å². The van der Waals surface area contributed by atoms with Crippen molar-refractivity contribution in [1.82, 2.24) is 29.4 Å². The van der Waals surface area contributed by atoms with Crippen LogP contribution in [0.1, 0.15) is 34.9 Å². The second-order valence-electron chi connectivity index (χ2n) is 6.52. The highest BCUT2D eigenvalue weighted by atomic mass is 16.2. The van der Waals surface area contributed by atoms with E-state index in [0.717, 1.165) is 36.5 Å². The maximum atomic E-state index is 12.7. The van der Waals surface area contributed by atoms with Crippen LogP contribution in [-0.4, -0.2) is 48.4 Å². The first kappa shape index (κ1) is 16.4. The van der Waals surface area contributed by atoms with E-state index in [2.05, 4.69) is 15.0 Å². The van der Waals surface area contributed by atoms with E-state index in [4.69, 9.17) is 4.98 Å². The molecule has 1 saturated heterocycles. The second-order valence-corrected chi connectivity index (χ2v) is 6.52. The molecule has 0 N–H and O–H groups in total. The van der Waals surface area contributed by atoms with Crippen LogP contribution in [0.2, 0.25) is 0 Å². The van der Waals surface area contributed by atoms with Gasteiger partial charge < -0.3 is 9.47 Å². The number of hydrogen-bond acceptors (Lipinski definition) is 5. The Kier molecular flexibility index (Phi) is 4.43. The molecule has 7 heteroatoms. The molecule has 3 aromatic rings. The van der Waals surface area contributed by atoms with Gasteiger partial charge in [-0.1, -0.05) is 6.07 Å². The second kappa shape index (κ2) is 7.03. The number of nitrogens with zero attached hydrogens (tertiary/aromatic N) is 6. The first-order valence-corrected chi connectivity index (χ1v) is 8.71. The highest BCUT2D eigenvalue weighted by Crippen LogP contribution is 2.27. The van der Waals surface area contributed by atoms with Crippen molar-refractivity contribution >= 4 is 5.91 Å². The molecule has 26 heavy (non-hydrogen) atoms. The summed E-state index contributed by atoms with van der Waals surface area (Å²) in [4.78, 5) is 32.0. The lowest BCUT2D eigenvalue weighted by atomic mass is 9.94. The molecule has 0 saturated carbocycles. The van der Waals surface area contributed by atoms with Gasteiger partial charge in [0, 0.05) is 38.4 Å². The molecule has 1 aliphatic rings. The number of hydrogen-bond donors (Lipinski definition) is 0. The molecule has 3 aromatic heterocycles. The third kappa shape index (κ3) is 3.20. The van der Waals surface area contributed by atoms with Gasteiger partial charge in [0.2, 0.25) is 0 Å². The van der Waals surface area contributed by atoms with E-state index in [-0.39, 0.29) is 11.8 Å². The fourth-order valence-corrected chi connectivity index (χ4v) is 3.36. The van der Waals surface area contributed by atoms with Crippen LogP contribution in [0.5, 0.6) is 0 Å². The van der Waals surface area contributed by atoms with Crippen LogP contribution >= 0.6 is 0 Å². The Hall–Kier alpha value is -3.09. The Labute approximate surface area is 151 Å². The first-order chi connectivity index (χ1) is 12.7. The fraction of sp³-hybridized carbons (Fsp3) is 0.316. The van der Waals surface area contributed by atoms with Crippen LogP contribution in [-0.2, 0) is 7.05 Å². The van der Waals surface area contributed by atoms with Gasteiger partial charge in [-0.25, -0.2) is 9.97 Å². The van der Waals surface area contributed by atoms with Gasteiger partial charge in [0.25, 0.3) is 5.91 Å². The van der Waals surface area contributed by atoms with Gasteiger partial charge in [0.1, 0.15) is 11.4 Å². The standard InChI is InChI=1S/C19H20N6O/c1-24-13-21-11-18(24)17-10-20-9-16(23-17)14-5-4-8-25(12-14)19(26)15-6-2-3-7-22-15/h2-3,6-7,9-11,13-14H,4-5,8,12H2,1H3/t14-/m1/s1. The highest BCUT2D eigenvalue weighted by Gasteiger charge is 2.27. The minimum Gasteiger partial charge on any atom is -0.337 e. The van der Waals surface area contributed by atoms with E-state index in [9.17, 15) is 4.79 Å². The van der Waals surface area contributed by atoms with Crippen LogP contribution in [0.25, 0.3) is 11.4 Å². The van der Waals surface area contributed by atoms with Crippen molar-refractivity contribution in [3.05, 3.63) is 60.7 Å². The molecular formula is C19H20N6O. The molecule has 0 radical (unpaired) electrons. The Morgan fingerprint density at radius 3 is 2.88 bits per heavy atom. The third-order valence-corrected chi connectivity index (χ3v) is 4.74. The number of likely N-dealkylation sites (tertiary alicyclic amines) is 1. The Bertz CT molecular complexity index is 907. The maximum Gasteiger partial charge on any atom is 0.272 e. The van der Waals surface area contributed by atoms with Gasteiger partial charge in [-0.05, 0) is 25.0 Å². The van der Waals surface area contributed by atoms with Crippen LogP contribution in [0, 0.1) is 0 Å². The monoisotopic (exact) mass is 348 g/mol. The zero-order valence-electron chi connectivity index (χ0n) is 14.6. The third-order valence-electron chi connectivity index (χ3n) is 4.74. The molecule has 1 atom stereocenters. The number of rotatable bonds is 3. The van der Waals surface area contributed by atoms with Gasteiger partial charge in [0.05, 0.1) is 30.1 Å². The van der Waals surface area contributed by atoms with Gasteiger partial charge >= 0.3 is 0 Å². The molecule has 1 fully saturated rings. The van der Waals surface area contributed by atoms with Crippen molar-refractivity contribution in [3.8, 4) is 11.4 Å². The molecular weight excluding hydrogens is 328 g/mol. The Morgan fingerprint density at radius 2 is 2.12 bits per heavy atom. The molecule has 1 amide bonds. The van der Waals surface area contributed by atoms with E-state index < -0.39 is 0 Å². The molecule has 0 bridgehead atoms. The zero-order valence-corrected chi connectivity index (χ0v) is 14.6. The minimum absolute atomic E-state index is 0.0222. The maximum absolute atomic E-state index is 12.7. The summed E-state index contributed by atoms with van der Waals surface area (Å²) in [7, 11) is 1.94. The molecule has 1 aliphatic heterocycles. The summed E-state index contributed by atoms with van der Waals surface area (Å²) < 4.78 is 1.92. The quantitative estimate of drug-likeness (QED) is 0.726. The lowest BCUT2D eigenvalue weighted by Crippen LogP contribution is -2.39. The van der Waals surface area contributed by atoms with Gasteiger partial charge in [-0.3, -0.25) is 14.8 Å². The van der Waals surface area contributed by atoms with Crippen molar-refractivity contribution in [1.29, 1.82) is 0 Å². The number of carbonyl (C=O) groups excluding carboxylic acids is 1. The number of pyridine rings is 1. The van der Waals surface area contributed by atoms with Crippen molar-refractivity contribution in [2.75, 3.05) is 13.1 Å². The summed E-state index contributed by atoms with van der Waals surface area (Å²) in [5, 5.41) is 0. The van der Waals surface area contributed by atoms with E-state index >= 15 is 0 Å². The highest BCUT2D eigenvalue weighted by molar-refractivity contribution is 5.92. The minimum atomic E-state index is -0.0222. The van der Waals surface area contributed by atoms with Gasteiger partial charge in [-0.15, -0.1) is 0 Å². The van der Waals surface area contributed by atoms with Crippen LogP contribution in [0.4, 0.5) is 0 Å². The fourth-order valence-electron chi connectivity index (χ4n) is 3.36. The lowest BCUT2D eigenvalue weighted by molar-refractivity contribution is 0.0700. The summed E-state index contributed by atoms with van der Waals surface area (Å²) in [5.41, 5.74) is 3.14. The molecule has 0 unspecified atom stereocenters. The van der Waals surface area contributed by atoms with Crippen molar-refractivity contribution < 1.29 is 4.79 Å². The largest absolute Gasteiger partial charge is 0.337 e. The zero-order chi connectivity index (χ0) is 17.9. The Balaban J connectivity index is 1.55. The number of aromatic nitrogens is 5. The molecule has 4 rings (SSSR count). The molecule has 4 heterocycles. The summed E-state index contributed by atoms with van der Waals surface area (Å²) >= 11 is 0. The number of imidazole rings is 1. The molecule has 0 spiro atoms. The van der Waals surface area contributed by atoms with Crippen molar-refractivity contribution in [2.24, 2.45) is 7.05 Å².